The van der Waals surface area contributed by atoms with Gasteiger partial charge in [-0.05, 0) is 42.8 Å². The summed E-state index contributed by atoms with van der Waals surface area (Å²) in [4.78, 5) is 19.4. The Morgan fingerprint density at radius 3 is 2.59 bits per heavy atom. The van der Waals surface area contributed by atoms with Crippen molar-refractivity contribution in [2.75, 3.05) is 16.8 Å². The number of carbonyl (C=O) groups is 1. The first kappa shape index (κ1) is 23.9. The third-order valence-electron chi connectivity index (χ3n) is 5.40. The molecule has 4 rings (SSSR count). The van der Waals surface area contributed by atoms with Gasteiger partial charge in [0.1, 0.15) is 11.6 Å². The molecular formula is C26H21Cl2F2N3O. The van der Waals surface area contributed by atoms with Crippen molar-refractivity contribution in [1.29, 1.82) is 0 Å². The van der Waals surface area contributed by atoms with Gasteiger partial charge in [0.25, 0.3) is 0 Å². The molecule has 0 aliphatic heterocycles. The average Bonchev–Trinajstić information content (AvgIpc) is 2.81. The minimum atomic E-state index is -0.862. The zero-order valence-electron chi connectivity index (χ0n) is 18.3. The third kappa shape index (κ3) is 4.98. The van der Waals surface area contributed by atoms with E-state index in [0.29, 0.717) is 45.3 Å². The first-order valence-corrected chi connectivity index (χ1v) is 11.5. The third-order valence-corrected chi connectivity index (χ3v) is 5.96. The number of hydrogen-bond donors (Lipinski definition) is 1. The summed E-state index contributed by atoms with van der Waals surface area (Å²) < 4.78 is 27.6. The maximum absolute atomic E-state index is 14.3. The number of benzene rings is 3. The van der Waals surface area contributed by atoms with Crippen molar-refractivity contribution in [3.8, 4) is 11.1 Å². The van der Waals surface area contributed by atoms with Gasteiger partial charge in [0, 0.05) is 39.2 Å². The largest absolute Gasteiger partial charge is 0.326 e. The maximum Gasteiger partial charge on any atom is 0.326 e. The number of nitrogens with zero attached hydrogens (tertiary/aromatic N) is 2. The van der Waals surface area contributed by atoms with E-state index in [9.17, 15) is 13.6 Å². The van der Waals surface area contributed by atoms with Crippen LogP contribution in [0.25, 0.3) is 22.0 Å². The van der Waals surface area contributed by atoms with Crippen LogP contribution in [0.1, 0.15) is 19.8 Å². The lowest BCUT2D eigenvalue weighted by molar-refractivity contribution is 0.256. The molecule has 0 fully saturated rings. The Kier molecular flexibility index (Phi) is 7.29. The number of rotatable bonds is 6. The molecule has 0 bridgehead atoms. The van der Waals surface area contributed by atoms with Crippen LogP contribution in [0.15, 0.2) is 66.9 Å². The van der Waals surface area contributed by atoms with Crippen molar-refractivity contribution in [2.45, 2.75) is 19.8 Å². The topological polar surface area (TPSA) is 45.2 Å². The van der Waals surface area contributed by atoms with E-state index in [0.717, 1.165) is 23.9 Å². The lowest BCUT2D eigenvalue weighted by atomic mass is 9.98. The number of unbranched alkanes of at least 4 members (excludes halogenated alkanes) is 1. The summed E-state index contributed by atoms with van der Waals surface area (Å²) in [6.45, 7) is 2.35. The second-order valence-electron chi connectivity index (χ2n) is 7.72. The van der Waals surface area contributed by atoms with Crippen LogP contribution >= 0.6 is 23.2 Å². The highest BCUT2D eigenvalue weighted by Gasteiger charge is 2.24. The van der Waals surface area contributed by atoms with Crippen molar-refractivity contribution >= 4 is 51.5 Å². The van der Waals surface area contributed by atoms with Crippen molar-refractivity contribution in [3.63, 3.8) is 0 Å². The van der Waals surface area contributed by atoms with Crippen LogP contribution in [0.3, 0.4) is 0 Å². The van der Waals surface area contributed by atoms with Crippen LogP contribution in [0, 0.1) is 11.6 Å². The number of pyridine rings is 1. The zero-order valence-corrected chi connectivity index (χ0v) is 19.8. The Morgan fingerprint density at radius 1 is 1.06 bits per heavy atom. The molecule has 0 spiro atoms. The standard InChI is InChI=1S/C26H21Cl2F2N3O/c1-2-3-12-33(26(34)32-23-11-9-17(29)14-21(23)30)24-15-31-22-10-8-16(27)13-19(22)25(24)18-6-4-5-7-20(18)28/h4-11,13-15H,2-3,12H2,1H3,(H,32,34). The second kappa shape index (κ2) is 10.4. The number of aromatic nitrogens is 1. The molecule has 1 aromatic heterocycles. The molecule has 0 saturated heterocycles. The first-order chi connectivity index (χ1) is 16.4. The summed E-state index contributed by atoms with van der Waals surface area (Å²) in [6.07, 6.45) is 3.11. The average molecular weight is 500 g/mol. The van der Waals surface area contributed by atoms with Crippen molar-refractivity contribution in [1.82, 2.24) is 4.98 Å². The summed E-state index contributed by atoms with van der Waals surface area (Å²) in [7, 11) is 0. The molecule has 0 radical (unpaired) electrons. The van der Waals surface area contributed by atoms with Gasteiger partial charge in [-0.25, -0.2) is 13.6 Å². The quantitative estimate of drug-likeness (QED) is 0.289. The normalized spacial score (nSPS) is 11.0. The van der Waals surface area contributed by atoms with Crippen molar-refractivity contribution in [3.05, 3.63) is 88.5 Å². The molecule has 174 valence electrons. The van der Waals surface area contributed by atoms with E-state index in [1.165, 1.54) is 11.0 Å². The molecule has 4 nitrogen and oxygen atoms in total. The fourth-order valence-corrected chi connectivity index (χ4v) is 4.13. The van der Waals surface area contributed by atoms with E-state index in [1.807, 2.05) is 25.1 Å². The van der Waals surface area contributed by atoms with Crippen LogP contribution in [-0.4, -0.2) is 17.6 Å². The molecule has 1 N–H and O–H groups in total. The number of hydrogen-bond acceptors (Lipinski definition) is 2. The summed E-state index contributed by atoms with van der Waals surface area (Å²) >= 11 is 12.9. The number of amides is 2. The number of fused-ring (bicyclic) bond motifs is 1. The number of nitrogens with one attached hydrogen (secondary N) is 1. The predicted octanol–water partition coefficient (Wildman–Crippen LogP) is 8.33. The van der Waals surface area contributed by atoms with E-state index in [-0.39, 0.29) is 5.69 Å². The zero-order chi connectivity index (χ0) is 24.2. The fourth-order valence-electron chi connectivity index (χ4n) is 3.73. The van der Waals surface area contributed by atoms with E-state index >= 15 is 0 Å². The van der Waals surface area contributed by atoms with Crippen molar-refractivity contribution in [2.24, 2.45) is 0 Å². The Bertz CT molecular complexity index is 1360. The summed E-state index contributed by atoms with van der Waals surface area (Å²) in [5, 5.41) is 4.29. The lowest BCUT2D eigenvalue weighted by Crippen LogP contribution is -2.36. The summed E-state index contributed by atoms with van der Waals surface area (Å²) in [5.74, 6) is -1.59. The lowest BCUT2D eigenvalue weighted by Gasteiger charge is -2.26. The minimum Gasteiger partial charge on any atom is -0.305 e. The van der Waals surface area contributed by atoms with Gasteiger partial charge in [-0.1, -0.05) is 54.7 Å². The number of halogens is 4. The highest BCUT2D eigenvalue weighted by atomic mass is 35.5. The molecular weight excluding hydrogens is 479 g/mol. The SMILES string of the molecule is CCCCN(C(=O)Nc1ccc(F)cc1F)c1cnc2ccc(Cl)cc2c1-c1ccccc1Cl. The smallest absolute Gasteiger partial charge is 0.305 e. The van der Waals surface area contributed by atoms with Gasteiger partial charge in [-0.15, -0.1) is 0 Å². The van der Waals surface area contributed by atoms with Crippen LogP contribution in [0.4, 0.5) is 25.0 Å². The van der Waals surface area contributed by atoms with Crippen LogP contribution in [0.2, 0.25) is 10.0 Å². The number of carbonyl (C=O) groups excluding carboxylic acids is 1. The van der Waals surface area contributed by atoms with E-state index in [2.05, 4.69) is 10.3 Å². The Labute approximate surface area is 206 Å². The number of urea groups is 1. The molecule has 0 atom stereocenters. The Hall–Kier alpha value is -3.22. The van der Waals surface area contributed by atoms with Crippen LogP contribution in [0.5, 0.6) is 0 Å². The Morgan fingerprint density at radius 2 is 1.85 bits per heavy atom. The second-order valence-corrected chi connectivity index (χ2v) is 8.56. The molecule has 8 heteroatoms. The van der Waals surface area contributed by atoms with Crippen LogP contribution in [-0.2, 0) is 0 Å². The highest BCUT2D eigenvalue weighted by molar-refractivity contribution is 6.34. The van der Waals surface area contributed by atoms with E-state index in [1.54, 1.807) is 30.5 Å². The van der Waals surface area contributed by atoms with Gasteiger partial charge in [0.05, 0.1) is 23.1 Å². The molecule has 0 unspecified atom stereocenters. The van der Waals surface area contributed by atoms with Crippen molar-refractivity contribution < 1.29 is 13.6 Å². The van der Waals surface area contributed by atoms with Gasteiger partial charge < -0.3 is 5.32 Å². The Balaban J connectivity index is 1.89. The number of anilines is 2. The molecule has 4 aromatic rings. The van der Waals surface area contributed by atoms with Crippen LogP contribution < -0.4 is 10.2 Å². The monoisotopic (exact) mass is 499 g/mol. The van der Waals surface area contributed by atoms with Gasteiger partial charge in [-0.2, -0.15) is 0 Å². The molecule has 1 heterocycles. The molecule has 0 saturated carbocycles. The van der Waals surface area contributed by atoms with Gasteiger partial charge in [0.2, 0.25) is 0 Å². The summed E-state index contributed by atoms with van der Waals surface area (Å²) in [6, 6.07) is 15.0. The summed E-state index contributed by atoms with van der Waals surface area (Å²) in [5.41, 5.74) is 2.45. The van der Waals surface area contributed by atoms with Gasteiger partial charge in [-0.3, -0.25) is 9.88 Å². The molecule has 3 aromatic carbocycles. The van der Waals surface area contributed by atoms with E-state index < -0.39 is 17.7 Å². The maximum atomic E-state index is 14.3. The fraction of sp³-hybridized carbons (Fsp3) is 0.154. The first-order valence-electron chi connectivity index (χ1n) is 10.8. The predicted molar refractivity (Wildman–Crippen MR) is 135 cm³/mol. The van der Waals surface area contributed by atoms with Gasteiger partial charge >= 0.3 is 6.03 Å². The van der Waals surface area contributed by atoms with Gasteiger partial charge in [0.15, 0.2) is 0 Å². The molecule has 0 aliphatic rings. The molecule has 2 amide bonds. The van der Waals surface area contributed by atoms with E-state index in [4.69, 9.17) is 23.2 Å². The highest BCUT2D eigenvalue weighted by Crippen LogP contribution is 2.41. The molecule has 34 heavy (non-hydrogen) atoms. The molecule has 0 aliphatic carbocycles. The minimum absolute atomic E-state index is 0.121.